The smallest absolute Gasteiger partial charge is 0.305 e. The topological polar surface area (TPSA) is 242 Å². The van der Waals surface area contributed by atoms with Crippen molar-refractivity contribution in [2.75, 3.05) is 6.61 Å². The molecular formula is C27H26N4O10S. The minimum atomic E-state index is -4.48. The quantitative estimate of drug-likeness (QED) is 0.0984. The molecule has 8 N–H and O–H groups in total. The lowest BCUT2D eigenvalue weighted by atomic mass is 9.94. The van der Waals surface area contributed by atoms with Gasteiger partial charge in [0, 0.05) is 5.39 Å². The predicted molar refractivity (Wildman–Crippen MR) is 149 cm³/mol. The number of nitrogens with one attached hydrogen (secondary N) is 3. The molecule has 3 amide bonds. The Balaban J connectivity index is 1.60. The van der Waals surface area contributed by atoms with Crippen molar-refractivity contribution in [1.29, 1.82) is 0 Å². The molecule has 0 aliphatic heterocycles. The highest BCUT2D eigenvalue weighted by Crippen LogP contribution is 2.37. The van der Waals surface area contributed by atoms with Crippen molar-refractivity contribution in [2.24, 2.45) is 5.73 Å². The van der Waals surface area contributed by atoms with Crippen molar-refractivity contribution in [3.05, 3.63) is 54.6 Å². The fourth-order valence-electron chi connectivity index (χ4n) is 4.69. The zero-order valence-corrected chi connectivity index (χ0v) is 22.6. The van der Waals surface area contributed by atoms with Gasteiger partial charge < -0.3 is 31.7 Å². The lowest BCUT2D eigenvalue weighted by molar-refractivity contribution is -0.143. The summed E-state index contributed by atoms with van der Waals surface area (Å²) in [5.74, 6) is -6.78. The van der Waals surface area contributed by atoms with Gasteiger partial charge in [-0.05, 0) is 33.0 Å². The van der Waals surface area contributed by atoms with E-state index in [2.05, 4.69) is 4.72 Å². The third kappa shape index (κ3) is 6.22. The highest BCUT2D eigenvalue weighted by Gasteiger charge is 2.33. The highest BCUT2D eigenvalue weighted by molar-refractivity contribution is 7.89. The molecule has 0 aliphatic carbocycles. The summed E-state index contributed by atoms with van der Waals surface area (Å²) in [7, 11) is -4.48. The Bertz CT molecular complexity index is 1810. The number of nitrogens with two attached hydrogens (primary N) is 1. The van der Waals surface area contributed by atoms with E-state index in [-0.39, 0.29) is 4.90 Å². The molecule has 0 fully saturated rings. The van der Waals surface area contributed by atoms with Gasteiger partial charge in [-0.3, -0.25) is 24.0 Å². The van der Waals surface area contributed by atoms with Gasteiger partial charge in [-0.1, -0.05) is 48.5 Å². The van der Waals surface area contributed by atoms with Gasteiger partial charge in [0.2, 0.25) is 27.7 Å². The van der Waals surface area contributed by atoms with Crippen LogP contribution in [0.25, 0.3) is 32.3 Å². The standard InChI is InChI=1S/C27H26N4O10S/c28-25(37)17(10-21(33)34)29-26(38)18(11-22(35)36)30-27(39)19(12-32)31-42(40,41)20-9-7-15-5-4-13-2-1-3-14-6-8-16(20)24(15)23(13)14/h1-9,17-19,31-32H,10-12H2,(H2,28,37)(H,29,38)(H,30,39)(H,33,34)(H,35,36)/t17-,18-,19-/m0/s1. The number of carboxylic acid groups (broad SMARTS) is 2. The Hall–Kier alpha value is -4.86. The summed E-state index contributed by atoms with van der Waals surface area (Å²) in [6.45, 7) is -1.07. The van der Waals surface area contributed by atoms with Crippen LogP contribution in [0.3, 0.4) is 0 Å². The lowest BCUT2D eigenvalue weighted by Gasteiger charge is -2.23. The van der Waals surface area contributed by atoms with E-state index in [1.165, 1.54) is 6.07 Å². The van der Waals surface area contributed by atoms with Gasteiger partial charge in [-0.25, -0.2) is 8.42 Å². The Labute approximate surface area is 237 Å². The SMILES string of the molecule is NC(=O)[C@H](CC(=O)O)NC(=O)[C@H](CC(=O)O)NC(=O)[C@H](CO)NS(=O)(=O)c1ccc2ccc3cccc4ccc1c2c34. The fourth-order valence-corrected chi connectivity index (χ4v) is 6.08. The van der Waals surface area contributed by atoms with Crippen LogP contribution in [0.1, 0.15) is 12.8 Å². The Kier molecular flexibility index (Phi) is 8.56. The number of hydrogen-bond donors (Lipinski definition) is 7. The van der Waals surface area contributed by atoms with Crippen LogP contribution in [-0.2, 0) is 34.0 Å². The van der Waals surface area contributed by atoms with Crippen LogP contribution in [0.4, 0.5) is 0 Å². The van der Waals surface area contributed by atoms with Crippen LogP contribution >= 0.6 is 0 Å². The summed E-state index contributed by atoms with van der Waals surface area (Å²) >= 11 is 0. The number of primary amides is 1. The van der Waals surface area contributed by atoms with Gasteiger partial charge in [0.15, 0.2) is 0 Å². The first-order valence-electron chi connectivity index (χ1n) is 12.5. The van der Waals surface area contributed by atoms with E-state index >= 15 is 0 Å². The maximum atomic E-state index is 13.5. The molecule has 42 heavy (non-hydrogen) atoms. The number of benzene rings is 4. The summed E-state index contributed by atoms with van der Waals surface area (Å²) in [5.41, 5.74) is 5.09. The van der Waals surface area contributed by atoms with E-state index in [9.17, 15) is 42.6 Å². The maximum Gasteiger partial charge on any atom is 0.305 e. The second-order valence-electron chi connectivity index (χ2n) is 9.50. The summed E-state index contributed by atoms with van der Waals surface area (Å²) in [5, 5.41) is 36.4. The number of carboxylic acids is 2. The van der Waals surface area contributed by atoms with Crippen LogP contribution in [0.5, 0.6) is 0 Å². The third-order valence-corrected chi connectivity index (χ3v) is 8.15. The minimum absolute atomic E-state index is 0.183. The number of carbonyl (C=O) groups excluding carboxylic acids is 3. The van der Waals surface area contributed by atoms with Gasteiger partial charge in [-0.15, -0.1) is 0 Å². The van der Waals surface area contributed by atoms with E-state index in [4.69, 9.17) is 10.8 Å². The maximum absolute atomic E-state index is 13.5. The van der Waals surface area contributed by atoms with Crippen molar-refractivity contribution in [3.63, 3.8) is 0 Å². The number of aliphatic hydroxyl groups is 1. The lowest BCUT2D eigenvalue weighted by Crippen LogP contribution is -2.57. The largest absolute Gasteiger partial charge is 0.481 e. The number of aliphatic hydroxyl groups excluding tert-OH is 1. The Morgan fingerprint density at radius 1 is 0.714 bits per heavy atom. The third-order valence-electron chi connectivity index (χ3n) is 6.63. The molecule has 14 nitrogen and oxygen atoms in total. The molecule has 0 aliphatic rings. The number of sulfonamides is 1. The van der Waals surface area contributed by atoms with E-state index in [0.29, 0.717) is 10.8 Å². The van der Waals surface area contributed by atoms with E-state index in [1.807, 2.05) is 41.0 Å². The molecule has 0 saturated carbocycles. The summed E-state index contributed by atoms with van der Waals surface area (Å²) < 4.78 is 29.1. The molecule has 4 aromatic carbocycles. The first kappa shape index (κ1) is 30.1. The Morgan fingerprint density at radius 3 is 1.79 bits per heavy atom. The van der Waals surface area contributed by atoms with Crippen molar-refractivity contribution in [1.82, 2.24) is 15.4 Å². The fraction of sp³-hybridized carbons (Fsp3) is 0.222. The molecule has 15 heteroatoms. The zero-order valence-electron chi connectivity index (χ0n) is 21.7. The molecule has 3 atom stereocenters. The molecule has 4 rings (SSSR count). The van der Waals surface area contributed by atoms with E-state index in [1.54, 1.807) is 18.2 Å². The highest BCUT2D eigenvalue weighted by atomic mass is 32.2. The second kappa shape index (κ2) is 11.9. The summed E-state index contributed by atoms with van der Waals surface area (Å²) in [6.07, 6.45) is -1.93. The minimum Gasteiger partial charge on any atom is -0.481 e. The van der Waals surface area contributed by atoms with Gasteiger partial charge in [0.1, 0.15) is 18.1 Å². The molecule has 220 valence electrons. The van der Waals surface area contributed by atoms with E-state index in [0.717, 1.165) is 21.5 Å². The molecule has 0 heterocycles. The van der Waals surface area contributed by atoms with Crippen molar-refractivity contribution < 1.29 is 47.7 Å². The van der Waals surface area contributed by atoms with Crippen LogP contribution < -0.4 is 21.1 Å². The van der Waals surface area contributed by atoms with Gasteiger partial charge in [0.25, 0.3) is 0 Å². The van der Waals surface area contributed by atoms with Crippen LogP contribution in [0.2, 0.25) is 0 Å². The van der Waals surface area contributed by atoms with Crippen LogP contribution in [-0.4, -0.2) is 78.1 Å². The average molecular weight is 599 g/mol. The monoisotopic (exact) mass is 598 g/mol. The van der Waals surface area contributed by atoms with Gasteiger partial charge >= 0.3 is 11.9 Å². The molecule has 0 spiro atoms. The van der Waals surface area contributed by atoms with Crippen molar-refractivity contribution in [2.45, 2.75) is 35.9 Å². The number of amides is 3. The van der Waals surface area contributed by atoms with Gasteiger partial charge in [0.05, 0.1) is 24.3 Å². The molecule has 0 saturated heterocycles. The Morgan fingerprint density at radius 2 is 1.21 bits per heavy atom. The second-order valence-corrected chi connectivity index (χ2v) is 11.2. The molecular weight excluding hydrogens is 572 g/mol. The van der Waals surface area contributed by atoms with Crippen molar-refractivity contribution >= 4 is 72.0 Å². The molecule has 0 aromatic heterocycles. The average Bonchev–Trinajstić information content (AvgIpc) is 2.93. The van der Waals surface area contributed by atoms with E-state index < -0.39 is 77.3 Å². The summed E-state index contributed by atoms with van der Waals surface area (Å²) in [4.78, 5) is 59.2. The molecule has 0 radical (unpaired) electrons. The molecule has 0 bridgehead atoms. The number of carbonyl (C=O) groups is 5. The van der Waals surface area contributed by atoms with Crippen LogP contribution in [0.15, 0.2) is 59.5 Å². The molecule has 4 aromatic rings. The van der Waals surface area contributed by atoms with Crippen LogP contribution in [0, 0.1) is 0 Å². The van der Waals surface area contributed by atoms with Crippen molar-refractivity contribution in [3.8, 4) is 0 Å². The summed E-state index contributed by atoms with van der Waals surface area (Å²) in [6, 6.07) is 10.3. The first-order valence-corrected chi connectivity index (χ1v) is 13.9. The molecule has 0 unspecified atom stereocenters. The number of aliphatic carboxylic acids is 2. The predicted octanol–water partition coefficient (Wildman–Crippen LogP) is -0.372. The first-order chi connectivity index (χ1) is 19.8. The van der Waals surface area contributed by atoms with Gasteiger partial charge in [-0.2, -0.15) is 4.72 Å². The zero-order chi connectivity index (χ0) is 30.8. The normalized spacial score (nSPS) is 13.9. The number of hydrogen-bond acceptors (Lipinski definition) is 8. The number of rotatable bonds is 13.